The van der Waals surface area contributed by atoms with E-state index in [-0.39, 0.29) is 0 Å². The van der Waals surface area contributed by atoms with Gasteiger partial charge >= 0.3 is 0 Å². The molecule has 3 rings (SSSR count). The van der Waals surface area contributed by atoms with Gasteiger partial charge in [0.15, 0.2) is 4.80 Å². The smallest absolute Gasteiger partial charge is 0.287 e. The Bertz CT molecular complexity index is 1040. The predicted molar refractivity (Wildman–Crippen MR) is 106 cm³/mol. The molecule has 0 bridgehead atoms. The van der Waals surface area contributed by atoms with Crippen molar-refractivity contribution < 1.29 is 19.0 Å². The third-order valence-corrected chi connectivity index (χ3v) is 5.08. The number of methoxy groups -OCH3 is 3. The van der Waals surface area contributed by atoms with Gasteiger partial charge in [0, 0.05) is 6.54 Å². The number of amides is 1. The van der Waals surface area contributed by atoms with Crippen molar-refractivity contribution >= 4 is 27.5 Å². The number of benzene rings is 2. The molecule has 0 saturated carbocycles. The van der Waals surface area contributed by atoms with Crippen molar-refractivity contribution in [2.75, 3.05) is 21.3 Å². The van der Waals surface area contributed by atoms with Gasteiger partial charge in [0.2, 0.25) is 0 Å². The summed E-state index contributed by atoms with van der Waals surface area (Å²) >= 11 is 1.41. The highest BCUT2D eigenvalue weighted by Crippen LogP contribution is 2.29. The molecule has 6 nitrogen and oxygen atoms in total. The van der Waals surface area contributed by atoms with E-state index in [9.17, 15) is 4.79 Å². The van der Waals surface area contributed by atoms with E-state index in [1.165, 1.54) is 25.6 Å². The molecule has 0 unspecified atom stereocenters. The summed E-state index contributed by atoms with van der Waals surface area (Å²) < 4.78 is 18.8. The Morgan fingerprint density at radius 2 is 1.85 bits per heavy atom. The first-order chi connectivity index (χ1) is 13.1. The summed E-state index contributed by atoms with van der Waals surface area (Å²) in [5, 5.41) is 0. The zero-order valence-electron chi connectivity index (χ0n) is 15.4. The molecule has 0 N–H and O–H groups in total. The van der Waals surface area contributed by atoms with Crippen LogP contribution in [-0.4, -0.2) is 31.8 Å². The molecular weight excluding hydrogens is 364 g/mol. The number of fused-ring (bicyclic) bond motifs is 1. The van der Waals surface area contributed by atoms with E-state index in [0.29, 0.717) is 28.4 Å². The zero-order valence-corrected chi connectivity index (χ0v) is 16.2. The van der Waals surface area contributed by atoms with Crippen molar-refractivity contribution in [3.05, 3.63) is 59.4 Å². The van der Waals surface area contributed by atoms with E-state index in [2.05, 4.69) is 11.6 Å². The van der Waals surface area contributed by atoms with Crippen molar-refractivity contribution in [3.8, 4) is 17.2 Å². The highest BCUT2D eigenvalue weighted by molar-refractivity contribution is 7.16. The van der Waals surface area contributed by atoms with Crippen LogP contribution in [0.15, 0.2) is 54.0 Å². The van der Waals surface area contributed by atoms with Crippen LogP contribution in [0.2, 0.25) is 0 Å². The average Bonchev–Trinajstić information content (AvgIpc) is 3.03. The van der Waals surface area contributed by atoms with E-state index >= 15 is 0 Å². The molecule has 1 heterocycles. The topological polar surface area (TPSA) is 62.1 Å². The molecule has 7 heteroatoms. The number of nitrogens with zero attached hydrogens (tertiary/aromatic N) is 2. The van der Waals surface area contributed by atoms with E-state index in [0.717, 1.165) is 16.0 Å². The van der Waals surface area contributed by atoms with Crippen LogP contribution in [0, 0.1) is 0 Å². The van der Waals surface area contributed by atoms with Crippen LogP contribution in [-0.2, 0) is 6.54 Å². The van der Waals surface area contributed by atoms with Gasteiger partial charge < -0.3 is 18.8 Å². The van der Waals surface area contributed by atoms with E-state index in [1.807, 2.05) is 22.8 Å². The van der Waals surface area contributed by atoms with Crippen molar-refractivity contribution in [3.63, 3.8) is 0 Å². The van der Waals surface area contributed by atoms with Gasteiger partial charge in [-0.25, -0.2) is 0 Å². The van der Waals surface area contributed by atoms with Gasteiger partial charge in [0.05, 0.1) is 31.5 Å². The first kappa shape index (κ1) is 18.7. The van der Waals surface area contributed by atoms with Crippen LogP contribution in [0.1, 0.15) is 10.4 Å². The lowest BCUT2D eigenvalue weighted by molar-refractivity contribution is 0.0992. The molecule has 1 amide bonds. The third kappa shape index (κ3) is 3.59. The molecule has 0 fully saturated rings. The van der Waals surface area contributed by atoms with Gasteiger partial charge in [0.25, 0.3) is 5.91 Å². The van der Waals surface area contributed by atoms with Gasteiger partial charge in [-0.2, -0.15) is 4.99 Å². The van der Waals surface area contributed by atoms with Crippen molar-refractivity contribution in [1.82, 2.24) is 4.57 Å². The Kier molecular flexibility index (Phi) is 5.61. The Morgan fingerprint density at radius 3 is 2.44 bits per heavy atom. The van der Waals surface area contributed by atoms with Crippen LogP contribution < -0.4 is 19.0 Å². The number of hydrogen-bond acceptors (Lipinski definition) is 5. The fraction of sp³-hybridized carbons (Fsp3) is 0.200. The number of carbonyl (C=O) groups is 1. The maximum Gasteiger partial charge on any atom is 0.287 e. The number of hydrogen-bond donors (Lipinski definition) is 0. The zero-order chi connectivity index (χ0) is 19.4. The van der Waals surface area contributed by atoms with Crippen molar-refractivity contribution in [1.29, 1.82) is 0 Å². The number of carbonyl (C=O) groups excluding carboxylic acids is 1. The summed E-state index contributed by atoms with van der Waals surface area (Å²) in [6.07, 6.45) is 1.77. The summed E-state index contributed by atoms with van der Waals surface area (Å²) in [5.41, 5.74) is 1.25. The molecule has 0 saturated heterocycles. The Morgan fingerprint density at radius 1 is 1.15 bits per heavy atom. The molecule has 0 spiro atoms. The molecule has 0 radical (unpaired) electrons. The van der Waals surface area contributed by atoms with Crippen LogP contribution >= 0.6 is 11.3 Å². The van der Waals surface area contributed by atoms with E-state index in [4.69, 9.17) is 14.2 Å². The molecule has 2 aromatic carbocycles. The number of allylic oxidation sites excluding steroid dienone is 1. The largest absolute Gasteiger partial charge is 0.497 e. The normalized spacial score (nSPS) is 11.4. The molecule has 0 aliphatic carbocycles. The summed E-state index contributed by atoms with van der Waals surface area (Å²) in [4.78, 5) is 17.9. The monoisotopic (exact) mass is 384 g/mol. The van der Waals surface area contributed by atoms with Gasteiger partial charge in [-0.1, -0.05) is 23.5 Å². The van der Waals surface area contributed by atoms with Gasteiger partial charge in [0.1, 0.15) is 22.8 Å². The Balaban J connectivity index is 2.20. The Labute approximate surface area is 161 Å². The number of rotatable bonds is 6. The molecule has 0 aliphatic rings. The quantitative estimate of drug-likeness (QED) is 0.609. The lowest BCUT2D eigenvalue weighted by atomic mass is 10.1. The Hall–Kier alpha value is -3.06. The molecular formula is C20H20N2O4S. The molecule has 27 heavy (non-hydrogen) atoms. The molecule has 0 atom stereocenters. The highest BCUT2D eigenvalue weighted by atomic mass is 32.1. The van der Waals surface area contributed by atoms with Crippen molar-refractivity contribution in [2.45, 2.75) is 6.54 Å². The molecule has 0 aliphatic heterocycles. The predicted octanol–water partition coefficient (Wildman–Crippen LogP) is 3.66. The first-order valence-electron chi connectivity index (χ1n) is 8.21. The first-order valence-corrected chi connectivity index (χ1v) is 9.03. The minimum atomic E-state index is -0.430. The lowest BCUT2D eigenvalue weighted by Crippen LogP contribution is -2.16. The molecule has 140 valence electrons. The standard InChI is InChI=1S/C20H20N2O4S/c1-5-11-22-14-10-9-13(24-2)12-17(14)27-20(22)21-19(23)18-15(25-3)7-6-8-16(18)26-4/h5-10,12H,1,11H2,2-4H3. The third-order valence-electron chi connectivity index (χ3n) is 4.04. The number of thiazole rings is 1. The summed E-state index contributed by atoms with van der Waals surface area (Å²) in [6.45, 7) is 4.33. The van der Waals surface area contributed by atoms with E-state index < -0.39 is 5.91 Å². The molecule has 3 aromatic rings. The molecule has 1 aromatic heterocycles. The second kappa shape index (κ2) is 8.09. The van der Waals surface area contributed by atoms with Crippen molar-refractivity contribution in [2.24, 2.45) is 4.99 Å². The second-order valence-electron chi connectivity index (χ2n) is 5.57. The van der Waals surface area contributed by atoms with Crippen LogP contribution in [0.25, 0.3) is 10.2 Å². The number of ether oxygens (including phenoxy) is 3. The van der Waals surface area contributed by atoms with Crippen LogP contribution in [0.5, 0.6) is 17.2 Å². The summed E-state index contributed by atoms with van der Waals surface area (Å²) in [5.74, 6) is 1.15. The fourth-order valence-electron chi connectivity index (χ4n) is 2.78. The van der Waals surface area contributed by atoms with Crippen LogP contribution in [0.4, 0.5) is 0 Å². The summed E-state index contributed by atoms with van der Waals surface area (Å²) in [7, 11) is 4.64. The van der Waals surface area contributed by atoms with Gasteiger partial charge in [-0.15, -0.1) is 6.58 Å². The summed E-state index contributed by atoms with van der Waals surface area (Å²) in [6, 6.07) is 10.9. The van der Waals surface area contributed by atoms with E-state index in [1.54, 1.807) is 31.4 Å². The minimum absolute atomic E-state index is 0.294. The highest BCUT2D eigenvalue weighted by Gasteiger charge is 2.18. The second-order valence-corrected chi connectivity index (χ2v) is 6.58. The van der Waals surface area contributed by atoms with Gasteiger partial charge in [-0.3, -0.25) is 4.79 Å². The minimum Gasteiger partial charge on any atom is -0.497 e. The average molecular weight is 384 g/mol. The van der Waals surface area contributed by atoms with Gasteiger partial charge in [-0.05, 0) is 30.3 Å². The fourth-order valence-corrected chi connectivity index (χ4v) is 3.84. The SMILES string of the molecule is C=CCn1c(=NC(=O)c2c(OC)cccc2OC)sc2cc(OC)ccc21. The number of aromatic nitrogens is 1. The van der Waals surface area contributed by atoms with Crippen LogP contribution in [0.3, 0.4) is 0 Å². The maximum absolute atomic E-state index is 12.9. The maximum atomic E-state index is 12.9. The lowest BCUT2D eigenvalue weighted by Gasteiger charge is -2.09.